The predicted octanol–water partition coefficient (Wildman–Crippen LogP) is 2.51. The Bertz CT molecular complexity index is 1170. The molecular formula is C22H24ClN3O7S. The molecule has 12 heteroatoms. The van der Waals surface area contributed by atoms with E-state index in [9.17, 15) is 18.0 Å². The van der Waals surface area contributed by atoms with Crippen LogP contribution in [0.2, 0.25) is 5.02 Å². The van der Waals surface area contributed by atoms with Crippen LogP contribution in [0.4, 0.5) is 0 Å². The molecule has 0 aliphatic carbocycles. The topological polar surface area (TPSA) is 135 Å². The first kappa shape index (κ1) is 25.5. The van der Waals surface area contributed by atoms with Gasteiger partial charge < -0.3 is 14.6 Å². The summed E-state index contributed by atoms with van der Waals surface area (Å²) in [7, 11) is -3.87. The van der Waals surface area contributed by atoms with Gasteiger partial charge in [0.2, 0.25) is 10.0 Å². The average Bonchev–Trinajstić information content (AvgIpc) is 3.30. The van der Waals surface area contributed by atoms with Gasteiger partial charge in [-0.25, -0.2) is 18.6 Å². The first-order chi connectivity index (χ1) is 16.2. The summed E-state index contributed by atoms with van der Waals surface area (Å²) in [6, 6.07) is 9.63. The fraction of sp³-hybridized carbons (Fsp3) is 0.318. The van der Waals surface area contributed by atoms with Crippen LogP contribution in [-0.2, 0) is 19.6 Å². The molecule has 0 radical (unpaired) electrons. The normalized spacial score (nSPS) is 16.5. The fourth-order valence-electron chi connectivity index (χ4n) is 3.41. The Morgan fingerprint density at radius 1 is 1.21 bits per heavy atom. The van der Waals surface area contributed by atoms with Crippen molar-refractivity contribution in [2.24, 2.45) is 5.10 Å². The molecule has 2 aromatic carbocycles. The highest BCUT2D eigenvalue weighted by Crippen LogP contribution is 2.29. The number of amides is 1. The number of hydrogen-bond acceptors (Lipinski definition) is 7. The molecule has 1 atom stereocenters. The van der Waals surface area contributed by atoms with Crippen molar-refractivity contribution in [3.8, 4) is 11.5 Å². The lowest BCUT2D eigenvalue weighted by Crippen LogP contribution is -2.44. The van der Waals surface area contributed by atoms with Crippen molar-refractivity contribution in [2.75, 3.05) is 19.8 Å². The number of aliphatic carboxylic acids is 1. The molecule has 1 fully saturated rings. The SMILES string of the molecule is CCOc1cc(/C=N\NC(=O)[C@H]2CCCN2S(=O)(=O)c2ccc(Cl)cc2)ccc1OCC(=O)O. The van der Waals surface area contributed by atoms with E-state index in [0.717, 1.165) is 0 Å². The number of carbonyl (C=O) groups is 2. The number of carbonyl (C=O) groups excluding carboxylic acids is 1. The molecule has 0 bridgehead atoms. The Labute approximate surface area is 202 Å². The number of benzene rings is 2. The van der Waals surface area contributed by atoms with Gasteiger partial charge in [0.25, 0.3) is 5.91 Å². The molecule has 10 nitrogen and oxygen atoms in total. The number of carboxylic acid groups (broad SMARTS) is 1. The number of halogens is 1. The second-order valence-corrected chi connectivity index (χ2v) is 9.61. The summed E-state index contributed by atoms with van der Waals surface area (Å²) in [5.41, 5.74) is 2.95. The first-order valence-electron chi connectivity index (χ1n) is 10.4. The third-order valence-electron chi connectivity index (χ3n) is 4.93. The minimum Gasteiger partial charge on any atom is -0.490 e. The highest BCUT2D eigenvalue weighted by Gasteiger charge is 2.39. The molecule has 0 unspecified atom stereocenters. The molecular weight excluding hydrogens is 486 g/mol. The minimum atomic E-state index is -3.87. The van der Waals surface area contributed by atoms with Crippen LogP contribution < -0.4 is 14.9 Å². The van der Waals surface area contributed by atoms with Gasteiger partial charge in [-0.3, -0.25) is 4.79 Å². The van der Waals surface area contributed by atoms with Gasteiger partial charge in [0.1, 0.15) is 6.04 Å². The lowest BCUT2D eigenvalue weighted by molar-refractivity contribution is -0.139. The van der Waals surface area contributed by atoms with Crippen LogP contribution in [0.25, 0.3) is 0 Å². The molecule has 0 aromatic heterocycles. The van der Waals surface area contributed by atoms with Crippen LogP contribution in [0.1, 0.15) is 25.3 Å². The Kier molecular flexibility index (Phi) is 8.48. The van der Waals surface area contributed by atoms with Gasteiger partial charge in [-0.1, -0.05) is 11.6 Å². The monoisotopic (exact) mass is 509 g/mol. The number of hydrazone groups is 1. The highest BCUT2D eigenvalue weighted by atomic mass is 35.5. The highest BCUT2D eigenvalue weighted by molar-refractivity contribution is 7.89. The predicted molar refractivity (Wildman–Crippen MR) is 125 cm³/mol. The van der Waals surface area contributed by atoms with Gasteiger partial charge in [-0.05, 0) is 67.8 Å². The fourth-order valence-corrected chi connectivity index (χ4v) is 5.19. The van der Waals surface area contributed by atoms with E-state index in [-0.39, 0.29) is 17.2 Å². The summed E-state index contributed by atoms with van der Waals surface area (Å²) < 4.78 is 37.8. The van der Waals surface area contributed by atoms with Crippen molar-refractivity contribution in [3.05, 3.63) is 53.1 Å². The zero-order valence-electron chi connectivity index (χ0n) is 18.3. The van der Waals surface area contributed by atoms with E-state index in [0.29, 0.717) is 35.8 Å². The quantitative estimate of drug-likeness (QED) is 0.371. The molecule has 1 saturated heterocycles. The van der Waals surface area contributed by atoms with Gasteiger partial charge in [-0.15, -0.1) is 0 Å². The molecule has 1 aliphatic rings. The van der Waals surface area contributed by atoms with Gasteiger partial charge in [0, 0.05) is 11.6 Å². The maximum Gasteiger partial charge on any atom is 0.341 e. The van der Waals surface area contributed by atoms with E-state index >= 15 is 0 Å². The Morgan fingerprint density at radius 2 is 1.94 bits per heavy atom. The van der Waals surface area contributed by atoms with Gasteiger partial charge >= 0.3 is 5.97 Å². The van der Waals surface area contributed by atoms with Gasteiger partial charge in [0.15, 0.2) is 18.1 Å². The van der Waals surface area contributed by atoms with Crippen LogP contribution >= 0.6 is 11.6 Å². The number of ether oxygens (including phenoxy) is 2. The van der Waals surface area contributed by atoms with Crippen molar-refractivity contribution >= 4 is 39.7 Å². The molecule has 0 saturated carbocycles. The Hall–Kier alpha value is -3.15. The van der Waals surface area contributed by atoms with Gasteiger partial charge in [0.05, 0.1) is 17.7 Å². The molecule has 1 heterocycles. The van der Waals surface area contributed by atoms with Gasteiger partial charge in [-0.2, -0.15) is 9.41 Å². The van der Waals surface area contributed by atoms with Crippen LogP contribution in [-0.4, -0.2) is 61.7 Å². The number of hydrogen-bond donors (Lipinski definition) is 2. The molecule has 34 heavy (non-hydrogen) atoms. The maximum atomic E-state index is 13.0. The van der Waals surface area contributed by atoms with E-state index in [1.807, 2.05) is 0 Å². The second kappa shape index (κ2) is 11.3. The maximum absolute atomic E-state index is 13.0. The molecule has 0 spiro atoms. The van der Waals surface area contributed by atoms with Crippen molar-refractivity contribution in [1.82, 2.24) is 9.73 Å². The molecule has 3 rings (SSSR count). The Morgan fingerprint density at radius 3 is 2.62 bits per heavy atom. The van der Waals surface area contributed by atoms with Crippen LogP contribution in [0.5, 0.6) is 11.5 Å². The van der Waals surface area contributed by atoms with Crippen molar-refractivity contribution in [2.45, 2.75) is 30.7 Å². The molecule has 1 aliphatic heterocycles. The number of nitrogens with zero attached hydrogens (tertiary/aromatic N) is 2. The zero-order chi connectivity index (χ0) is 24.7. The molecule has 2 N–H and O–H groups in total. The Balaban J connectivity index is 1.68. The molecule has 2 aromatic rings. The zero-order valence-corrected chi connectivity index (χ0v) is 19.9. The smallest absolute Gasteiger partial charge is 0.341 e. The largest absolute Gasteiger partial charge is 0.490 e. The van der Waals surface area contributed by atoms with E-state index in [2.05, 4.69) is 10.5 Å². The van der Waals surface area contributed by atoms with Crippen molar-refractivity contribution in [3.63, 3.8) is 0 Å². The summed E-state index contributed by atoms with van der Waals surface area (Å²) in [6.45, 7) is 1.82. The van der Waals surface area contributed by atoms with Crippen LogP contribution in [0.3, 0.4) is 0 Å². The third-order valence-corrected chi connectivity index (χ3v) is 7.11. The standard InChI is InChI=1S/C22H24ClN3O7S/c1-2-32-20-12-15(5-10-19(20)33-14-21(27)28)13-24-25-22(29)18-4-3-11-26(18)34(30,31)17-8-6-16(23)7-9-17/h5-10,12-13,18H,2-4,11,14H2,1H3,(H,25,29)(H,27,28)/b24-13-/t18-/m1/s1. The summed E-state index contributed by atoms with van der Waals surface area (Å²) in [5.74, 6) is -1.07. The third kappa shape index (κ3) is 6.25. The first-order valence-corrected chi connectivity index (χ1v) is 12.3. The molecule has 1 amide bonds. The lowest BCUT2D eigenvalue weighted by Gasteiger charge is -2.22. The number of sulfonamides is 1. The van der Waals surface area contributed by atoms with E-state index < -0.39 is 34.5 Å². The van der Waals surface area contributed by atoms with E-state index in [1.54, 1.807) is 19.1 Å². The van der Waals surface area contributed by atoms with Crippen LogP contribution in [0.15, 0.2) is 52.5 Å². The summed E-state index contributed by atoms with van der Waals surface area (Å²) in [4.78, 5) is 23.5. The summed E-state index contributed by atoms with van der Waals surface area (Å²) >= 11 is 5.85. The second-order valence-electron chi connectivity index (χ2n) is 7.28. The number of rotatable bonds is 10. The summed E-state index contributed by atoms with van der Waals surface area (Å²) in [6.07, 6.45) is 2.29. The van der Waals surface area contributed by atoms with E-state index in [1.165, 1.54) is 40.9 Å². The van der Waals surface area contributed by atoms with Crippen LogP contribution in [0, 0.1) is 0 Å². The van der Waals surface area contributed by atoms with Crippen molar-refractivity contribution in [1.29, 1.82) is 0 Å². The molecule has 182 valence electrons. The van der Waals surface area contributed by atoms with E-state index in [4.69, 9.17) is 26.2 Å². The van der Waals surface area contributed by atoms with Crippen molar-refractivity contribution < 1.29 is 32.6 Å². The minimum absolute atomic E-state index is 0.0637. The lowest BCUT2D eigenvalue weighted by atomic mass is 10.2. The number of nitrogens with one attached hydrogen (secondary N) is 1. The average molecular weight is 510 g/mol. The summed E-state index contributed by atoms with van der Waals surface area (Å²) in [5, 5.41) is 13.1. The number of carboxylic acids is 1.